The van der Waals surface area contributed by atoms with Crippen molar-refractivity contribution in [3.8, 4) is 0 Å². The van der Waals surface area contributed by atoms with Gasteiger partial charge in [0.1, 0.15) is 5.82 Å². The molecule has 0 saturated carbocycles. The van der Waals surface area contributed by atoms with Gasteiger partial charge in [-0.3, -0.25) is 4.68 Å². The first-order valence-corrected chi connectivity index (χ1v) is 11.9. The molecule has 2 aromatic rings. The molecule has 1 aromatic carbocycles. The molecular formula is C25H37F3N4O2. The average molecular weight is 483 g/mol. The van der Waals surface area contributed by atoms with Gasteiger partial charge in [0.25, 0.3) is 0 Å². The highest BCUT2D eigenvalue weighted by Crippen LogP contribution is 2.40. The quantitative estimate of drug-likeness (QED) is 0.518. The Hall–Kier alpha value is -2.71. The Morgan fingerprint density at radius 1 is 1.12 bits per heavy atom. The van der Waals surface area contributed by atoms with Crippen LogP contribution in [0.3, 0.4) is 0 Å². The number of hydrogen-bond donors (Lipinski definition) is 1. The van der Waals surface area contributed by atoms with Crippen LogP contribution in [0.1, 0.15) is 61.8 Å². The van der Waals surface area contributed by atoms with Crippen LogP contribution in [0.5, 0.6) is 0 Å². The minimum absolute atomic E-state index is 1.05. The van der Waals surface area contributed by atoms with Crippen molar-refractivity contribution in [2.24, 2.45) is 7.05 Å². The highest BCUT2D eigenvalue weighted by atomic mass is 19.4. The summed E-state index contributed by atoms with van der Waals surface area (Å²) in [6.45, 7) is 14.5. The second-order valence-electron chi connectivity index (χ2n) is 8.90. The molecule has 1 N–H and O–H groups in total. The Bertz CT molecular complexity index is 962. The van der Waals surface area contributed by atoms with Crippen LogP contribution < -0.4 is 9.80 Å². The Morgan fingerprint density at radius 3 is 2.21 bits per heavy atom. The summed E-state index contributed by atoms with van der Waals surface area (Å²) in [4.78, 5) is 13.9. The molecule has 0 atom stereocenters. The van der Waals surface area contributed by atoms with Gasteiger partial charge >= 0.3 is 12.1 Å². The lowest BCUT2D eigenvalue weighted by Crippen LogP contribution is -2.30. The number of unbranched alkanes of at least 4 members (excludes halogenated alkanes) is 1. The average Bonchev–Trinajstić information content (AvgIpc) is 3.07. The van der Waals surface area contributed by atoms with E-state index in [1.54, 1.807) is 0 Å². The zero-order valence-corrected chi connectivity index (χ0v) is 21.1. The number of halogens is 3. The maximum absolute atomic E-state index is 10.6. The van der Waals surface area contributed by atoms with Gasteiger partial charge in [-0.2, -0.15) is 18.3 Å². The maximum Gasteiger partial charge on any atom is 0.490 e. The van der Waals surface area contributed by atoms with Crippen LogP contribution in [0, 0.1) is 20.8 Å². The number of benzene rings is 1. The van der Waals surface area contributed by atoms with E-state index < -0.39 is 12.1 Å². The fourth-order valence-corrected chi connectivity index (χ4v) is 4.66. The number of rotatable bonds is 7. The molecule has 1 aliphatic heterocycles. The number of aryl methyl sites for hydroxylation is 4. The van der Waals surface area contributed by atoms with Crippen molar-refractivity contribution in [2.75, 3.05) is 29.4 Å². The van der Waals surface area contributed by atoms with Gasteiger partial charge < -0.3 is 14.9 Å². The summed E-state index contributed by atoms with van der Waals surface area (Å²) >= 11 is 0. The van der Waals surface area contributed by atoms with Crippen LogP contribution in [0.2, 0.25) is 0 Å². The van der Waals surface area contributed by atoms with E-state index >= 15 is 0 Å². The van der Waals surface area contributed by atoms with E-state index in [9.17, 15) is 13.2 Å². The minimum Gasteiger partial charge on any atom is -0.475 e. The number of alkyl halides is 3. The monoisotopic (exact) mass is 482 g/mol. The molecule has 6 nitrogen and oxygen atoms in total. The van der Waals surface area contributed by atoms with Gasteiger partial charge in [0.05, 0.1) is 0 Å². The summed E-state index contributed by atoms with van der Waals surface area (Å²) in [7, 11) is 2.12. The summed E-state index contributed by atoms with van der Waals surface area (Å²) in [6.07, 6.45) is 0.870. The van der Waals surface area contributed by atoms with Crippen LogP contribution in [-0.4, -0.2) is 46.7 Å². The Labute approximate surface area is 200 Å². The minimum atomic E-state index is -5.08. The van der Waals surface area contributed by atoms with E-state index in [2.05, 4.69) is 68.3 Å². The molecule has 3 rings (SSSR count). The van der Waals surface area contributed by atoms with Crippen LogP contribution in [0.15, 0.2) is 12.1 Å². The molecule has 0 saturated heterocycles. The van der Waals surface area contributed by atoms with Crippen LogP contribution in [-0.2, 0) is 18.3 Å². The molecule has 0 radical (unpaired) electrons. The smallest absolute Gasteiger partial charge is 0.475 e. The second-order valence-corrected chi connectivity index (χ2v) is 8.90. The van der Waals surface area contributed by atoms with Gasteiger partial charge in [-0.05, 0) is 57.6 Å². The number of aliphatic carboxylic acids is 1. The number of nitrogens with zero attached hydrogens (tertiary/aromatic N) is 4. The van der Waals surface area contributed by atoms with E-state index in [0.717, 1.165) is 26.1 Å². The molecule has 34 heavy (non-hydrogen) atoms. The van der Waals surface area contributed by atoms with E-state index in [1.807, 2.05) is 0 Å². The zero-order chi connectivity index (χ0) is 25.6. The van der Waals surface area contributed by atoms with Crippen LogP contribution >= 0.6 is 0 Å². The number of carboxylic acids is 1. The van der Waals surface area contributed by atoms with Crippen LogP contribution in [0.25, 0.3) is 0 Å². The number of hydrogen-bond acceptors (Lipinski definition) is 4. The number of aromatic nitrogens is 2. The third-order valence-corrected chi connectivity index (χ3v) is 5.88. The third-order valence-electron chi connectivity index (χ3n) is 5.88. The largest absolute Gasteiger partial charge is 0.490 e. The number of carboxylic acid groups (broad SMARTS) is 1. The molecule has 2 heterocycles. The lowest BCUT2D eigenvalue weighted by atomic mass is 10.00. The van der Waals surface area contributed by atoms with Gasteiger partial charge in [0, 0.05) is 37.9 Å². The predicted molar refractivity (Wildman–Crippen MR) is 130 cm³/mol. The summed E-state index contributed by atoms with van der Waals surface area (Å²) in [5, 5.41) is 12.2. The molecule has 0 aliphatic carbocycles. The molecule has 0 bridgehead atoms. The van der Waals surface area contributed by atoms with Crippen molar-refractivity contribution in [1.82, 2.24) is 9.78 Å². The van der Waals surface area contributed by atoms with Gasteiger partial charge in [0.15, 0.2) is 5.82 Å². The van der Waals surface area contributed by atoms with E-state index in [-0.39, 0.29) is 0 Å². The lowest BCUT2D eigenvalue weighted by molar-refractivity contribution is -0.192. The predicted octanol–water partition coefficient (Wildman–Crippen LogP) is 6.08. The molecule has 1 aliphatic rings. The van der Waals surface area contributed by atoms with E-state index in [0.29, 0.717) is 0 Å². The third kappa shape index (κ3) is 6.45. The van der Waals surface area contributed by atoms with Crippen molar-refractivity contribution in [1.29, 1.82) is 0 Å². The Kier molecular flexibility index (Phi) is 9.41. The molecule has 0 unspecified atom stereocenters. The molecule has 1 aromatic heterocycles. The second kappa shape index (κ2) is 11.6. The summed E-state index contributed by atoms with van der Waals surface area (Å²) in [5.41, 5.74) is 6.82. The molecule has 190 valence electrons. The topological polar surface area (TPSA) is 61.6 Å². The van der Waals surface area contributed by atoms with Gasteiger partial charge in [-0.15, -0.1) is 0 Å². The first-order chi connectivity index (χ1) is 15.9. The SMILES string of the molecule is CCCCN(CCC)c1c2c(nn1C)N(c1c(C)cc(C)cc1C)CCC2.O=C(O)C(F)(F)F. The summed E-state index contributed by atoms with van der Waals surface area (Å²) in [6, 6.07) is 4.59. The van der Waals surface area contributed by atoms with Gasteiger partial charge in [0.2, 0.25) is 0 Å². The molecule has 0 spiro atoms. The van der Waals surface area contributed by atoms with Crippen molar-refractivity contribution in [2.45, 2.75) is 72.9 Å². The van der Waals surface area contributed by atoms with Crippen molar-refractivity contribution >= 4 is 23.3 Å². The fraction of sp³-hybridized carbons (Fsp3) is 0.600. The highest BCUT2D eigenvalue weighted by molar-refractivity contribution is 5.74. The van der Waals surface area contributed by atoms with E-state index in [1.165, 1.54) is 65.3 Å². The Morgan fingerprint density at radius 2 is 1.71 bits per heavy atom. The zero-order valence-electron chi connectivity index (χ0n) is 21.1. The van der Waals surface area contributed by atoms with E-state index in [4.69, 9.17) is 15.0 Å². The van der Waals surface area contributed by atoms with Gasteiger partial charge in [-0.25, -0.2) is 4.79 Å². The summed E-state index contributed by atoms with van der Waals surface area (Å²) in [5.74, 6) is -0.244. The standard InChI is InChI=1S/C23H36N4.C2HF3O2/c1-7-9-13-26(12-8-2)23-20-11-10-14-27(22(20)24-25(23)6)21-18(4)15-17(3)16-19(21)5;3-2(4,5)1(6)7/h15-16H,7-14H2,1-6H3;(H,6,7). The van der Waals surface area contributed by atoms with Crippen molar-refractivity contribution in [3.63, 3.8) is 0 Å². The first kappa shape index (κ1) is 27.5. The number of anilines is 3. The molecular weight excluding hydrogens is 445 g/mol. The molecule has 0 fully saturated rings. The molecule has 0 amide bonds. The van der Waals surface area contributed by atoms with Gasteiger partial charge in [-0.1, -0.05) is 38.0 Å². The maximum atomic E-state index is 10.6. The number of carbonyl (C=O) groups is 1. The lowest BCUT2D eigenvalue weighted by Gasteiger charge is -2.32. The van der Waals surface area contributed by atoms with Crippen molar-refractivity contribution in [3.05, 3.63) is 34.4 Å². The first-order valence-electron chi connectivity index (χ1n) is 11.9. The highest BCUT2D eigenvalue weighted by Gasteiger charge is 2.38. The van der Waals surface area contributed by atoms with Crippen molar-refractivity contribution < 1.29 is 23.1 Å². The Balaban J connectivity index is 0.000000509. The number of fused-ring (bicyclic) bond motifs is 1. The summed E-state index contributed by atoms with van der Waals surface area (Å²) < 4.78 is 33.9. The molecule has 9 heteroatoms. The van der Waals surface area contributed by atoms with Crippen LogP contribution in [0.4, 0.5) is 30.5 Å². The normalized spacial score (nSPS) is 13.3. The fourth-order valence-electron chi connectivity index (χ4n) is 4.66.